The Morgan fingerprint density at radius 2 is 1.81 bits per heavy atom. The van der Waals surface area contributed by atoms with Gasteiger partial charge in [0.2, 0.25) is 11.8 Å². The summed E-state index contributed by atoms with van der Waals surface area (Å²) in [6.45, 7) is 2.19. The van der Waals surface area contributed by atoms with E-state index in [1.165, 1.54) is 5.56 Å². The predicted molar refractivity (Wildman–Crippen MR) is 77.9 cm³/mol. The molecule has 1 aliphatic heterocycles. The number of imide groups is 1. The van der Waals surface area contributed by atoms with Crippen LogP contribution in [0.25, 0.3) is 0 Å². The molecule has 1 atom stereocenters. The second kappa shape index (κ2) is 7.22. The summed E-state index contributed by atoms with van der Waals surface area (Å²) in [5.41, 5.74) is 1.25. The molecule has 1 unspecified atom stereocenters. The van der Waals surface area contributed by atoms with Crippen molar-refractivity contribution < 1.29 is 19.4 Å². The topological polar surface area (TPSA) is 66.8 Å². The molecular weight excluding hydrogens is 270 g/mol. The standard InChI is InChI=1S/C16H21NO4/c1-2-3-12-4-6-14(7-5-12)21-11-13(18)10-17-15(19)8-9-16(17)20/h4-7,13,18H,2-3,8-11H2,1H3. The number of carbonyl (C=O) groups excluding carboxylic acids is 2. The molecule has 0 bridgehead atoms. The maximum atomic E-state index is 11.4. The Morgan fingerprint density at radius 3 is 2.38 bits per heavy atom. The number of likely N-dealkylation sites (tertiary alicyclic amines) is 1. The second-order valence-electron chi connectivity index (χ2n) is 5.26. The summed E-state index contributed by atoms with van der Waals surface area (Å²) in [4.78, 5) is 24.0. The molecule has 5 heteroatoms. The molecule has 0 spiro atoms. The van der Waals surface area contributed by atoms with E-state index in [4.69, 9.17) is 4.74 Å². The van der Waals surface area contributed by atoms with Crippen LogP contribution in [0.15, 0.2) is 24.3 Å². The summed E-state index contributed by atoms with van der Waals surface area (Å²) < 4.78 is 5.48. The van der Waals surface area contributed by atoms with E-state index < -0.39 is 6.10 Å². The van der Waals surface area contributed by atoms with Crippen LogP contribution in [0.1, 0.15) is 31.7 Å². The summed E-state index contributed by atoms with van der Waals surface area (Å²) >= 11 is 0. The lowest BCUT2D eigenvalue weighted by Crippen LogP contribution is -2.38. The largest absolute Gasteiger partial charge is 0.491 e. The van der Waals surface area contributed by atoms with Gasteiger partial charge in [-0.25, -0.2) is 0 Å². The van der Waals surface area contributed by atoms with Crippen LogP contribution in [0.3, 0.4) is 0 Å². The van der Waals surface area contributed by atoms with Gasteiger partial charge in [0, 0.05) is 12.8 Å². The van der Waals surface area contributed by atoms with Crippen LogP contribution >= 0.6 is 0 Å². The summed E-state index contributed by atoms with van der Waals surface area (Å²) in [5.74, 6) is 0.235. The van der Waals surface area contributed by atoms with Crippen LogP contribution in [0.2, 0.25) is 0 Å². The van der Waals surface area contributed by atoms with Crippen molar-refractivity contribution in [2.45, 2.75) is 38.7 Å². The lowest BCUT2D eigenvalue weighted by Gasteiger charge is -2.18. The lowest BCUT2D eigenvalue weighted by molar-refractivity contribution is -0.140. The molecule has 114 valence electrons. The zero-order valence-electron chi connectivity index (χ0n) is 12.2. The van der Waals surface area contributed by atoms with Crippen LogP contribution < -0.4 is 4.74 Å². The van der Waals surface area contributed by atoms with Crippen LogP contribution in [0, 0.1) is 0 Å². The molecule has 1 aromatic carbocycles. The molecule has 1 fully saturated rings. The number of benzene rings is 1. The predicted octanol–water partition coefficient (Wildman–Crippen LogP) is 1.53. The minimum atomic E-state index is -0.869. The van der Waals surface area contributed by atoms with Gasteiger partial charge in [-0.15, -0.1) is 0 Å². The number of carbonyl (C=O) groups is 2. The average molecular weight is 291 g/mol. The number of β-amino-alcohol motifs (C(OH)–C–C–N with tert-alkyl or cyclic N) is 1. The highest BCUT2D eigenvalue weighted by Gasteiger charge is 2.30. The summed E-state index contributed by atoms with van der Waals surface area (Å²) in [6, 6.07) is 7.73. The highest BCUT2D eigenvalue weighted by molar-refractivity contribution is 6.01. The highest BCUT2D eigenvalue weighted by atomic mass is 16.5. The van der Waals surface area contributed by atoms with Crippen molar-refractivity contribution in [1.29, 1.82) is 0 Å². The van der Waals surface area contributed by atoms with Gasteiger partial charge in [0.15, 0.2) is 0 Å². The van der Waals surface area contributed by atoms with Gasteiger partial charge in [-0.1, -0.05) is 25.5 Å². The van der Waals surface area contributed by atoms with Gasteiger partial charge in [-0.05, 0) is 24.1 Å². The molecule has 1 aromatic rings. The fourth-order valence-electron chi connectivity index (χ4n) is 2.32. The number of nitrogens with zero attached hydrogens (tertiary/aromatic N) is 1. The smallest absolute Gasteiger partial charge is 0.229 e. The lowest BCUT2D eigenvalue weighted by atomic mass is 10.1. The first-order valence-corrected chi connectivity index (χ1v) is 7.33. The third kappa shape index (κ3) is 4.29. The van der Waals surface area contributed by atoms with Gasteiger partial charge in [-0.3, -0.25) is 14.5 Å². The van der Waals surface area contributed by atoms with Crippen molar-refractivity contribution in [3.63, 3.8) is 0 Å². The quantitative estimate of drug-likeness (QED) is 0.774. The summed E-state index contributed by atoms with van der Waals surface area (Å²) in [7, 11) is 0. The minimum absolute atomic E-state index is 0.00554. The molecule has 0 aliphatic carbocycles. The first-order valence-electron chi connectivity index (χ1n) is 7.33. The van der Waals surface area contributed by atoms with Gasteiger partial charge < -0.3 is 9.84 Å². The highest BCUT2D eigenvalue weighted by Crippen LogP contribution is 2.15. The third-order valence-corrected chi connectivity index (χ3v) is 3.45. The van der Waals surface area contributed by atoms with Crippen molar-refractivity contribution in [1.82, 2.24) is 4.90 Å². The van der Waals surface area contributed by atoms with Gasteiger partial charge in [0.05, 0.1) is 6.54 Å². The van der Waals surface area contributed by atoms with Crippen LogP contribution in [-0.2, 0) is 16.0 Å². The Balaban J connectivity index is 1.79. The van der Waals surface area contributed by atoms with E-state index in [1.807, 2.05) is 24.3 Å². The van der Waals surface area contributed by atoms with Gasteiger partial charge >= 0.3 is 0 Å². The number of ether oxygens (including phenoxy) is 1. The fourth-order valence-corrected chi connectivity index (χ4v) is 2.32. The van der Waals surface area contributed by atoms with E-state index in [-0.39, 0.29) is 37.8 Å². The molecule has 1 N–H and O–H groups in total. The third-order valence-electron chi connectivity index (χ3n) is 3.45. The molecule has 0 radical (unpaired) electrons. The Morgan fingerprint density at radius 1 is 1.19 bits per heavy atom. The monoisotopic (exact) mass is 291 g/mol. The molecule has 1 heterocycles. The summed E-state index contributed by atoms with van der Waals surface area (Å²) in [5, 5.41) is 9.87. The van der Waals surface area contributed by atoms with E-state index in [1.54, 1.807) is 0 Å². The second-order valence-corrected chi connectivity index (χ2v) is 5.26. The number of aliphatic hydroxyl groups excluding tert-OH is 1. The van der Waals surface area contributed by atoms with Crippen LogP contribution in [0.5, 0.6) is 5.75 Å². The zero-order valence-corrected chi connectivity index (χ0v) is 12.2. The van der Waals surface area contributed by atoms with E-state index in [0.29, 0.717) is 5.75 Å². The number of hydrogen-bond donors (Lipinski definition) is 1. The number of hydrogen-bond acceptors (Lipinski definition) is 4. The van der Waals surface area contributed by atoms with Crippen molar-refractivity contribution in [3.05, 3.63) is 29.8 Å². The molecule has 0 saturated carbocycles. The first kappa shape index (κ1) is 15.5. The van der Waals surface area contributed by atoms with E-state index in [2.05, 4.69) is 6.92 Å². The minimum Gasteiger partial charge on any atom is -0.491 e. The van der Waals surface area contributed by atoms with Gasteiger partial charge in [0.25, 0.3) is 0 Å². The molecule has 2 rings (SSSR count). The van der Waals surface area contributed by atoms with Crippen molar-refractivity contribution in [2.75, 3.05) is 13.2 Å². The Labute approximate surface area is 124 Å². The Kier molecular flexibility index (Phi) is 5.33. The maximum absolute atomic E-state index is 11.4. The van der Waals surface area contributed by atoms with Gasteiger partial charge in [0.1, 0.15) is 18.5 Å². The van der Waals surface area contributed by atoms with Crippen molar-refractivity contribution in [3.8, 4) is 5.75 Å². The normalized spacial score (nSPS) is 16.4. The molecule has 1 saturated heterocycles. The average Bonchev–Trinajstić information content (AvgIpc) is 2.79. The number of amides is 2. The SMILES string of the molecule is CCCc1ccc(OCC(O)CN2C(=O)CCC2=O)cc1. The maximum Gasteiger partial charge on any atom is 0.229 e. The van der Waals surface area contributed by atoms with Crippen molar-refractivity contribution in [2.24, 2.45) is 0 Å². The van der Waals surface area contributed by atoms with Crippen LogP contribution in [-0.4, -0.2) is 41.1 Å². The van der Waals surface area contributed by atoms with Crippen molar-refractivity contribution >= 4 is 11.8 Å². The van der Waals surface area contributed by atoms with Gasteiger partial charge in [-0.2, -0.15) is 0 Å². The van der Waals surface area contributed by atoms with E-state index in [9.17, 15) is 14.7 Å². The molecule has 1 aliphatic rings. The molecule has 0 aromatic heterocycles. The van der Waals surface area contributed by atoms with E-state index >= 15 is 0 Å². The molecule has 5 nitrogen and oxygen atoms in total. The Bertz CT molecular complexity index is 482. The molecule has 21 heavy (non-hydrogen) atoms. The molecule has 2 amide bonds. The first-order chi connectivity index (χ1) is 10.1. The van der Waals surface area contributed by atoms with E-state index in [0.717, 1.165) is 17.7 Å². The number of aryl methyl sites for hydroxylation is 1. The number of aliphatic hydroxyl groups is 1. The molecular formula is C16H21NO4. The number of rotatable bonds is 7. The Hall–Kier alpha value is -1.88. The van der Waals surface area contributed by atoms with Crippen LogP contribution in [0.4, 0.5) is 0 Å². The zero-order chi connectivity index (χ0) is 15.2. The fraction of sp³-hybridized carbons (Fsp3) is 0.500. The summed E-state index contributed by atoms with van der Waals surface area (Å²) in [6.07, 6.45) is 1.74.